The minimum atomic E-state index is 0.849. The minimum absolute atomic E-state index is 0.849. The van der Waals surface area contributed by atoms with Crippen molar-refractivity contribution in [2.45, 2.75) is 26.3 Å². The fourth-order valence-electron chi connectivity index (χ4n) is 1.54. The molecule has 0 amide bonds. The van der Waals surface area contributed by atoms with Crippen molar-refractivity contribution >= 4 is 22.9 Å². The van der Waals surface area contributed by atoms with Gasteiger partial charge in [0.2, 0.25) is 0 Å². The van der Waals surface area contributed by atoms with Gasteiger partial charge in [-0.15, -0.1) is 11.3 Å². The second-order valence-corrected chi connectivity index (χ2v) is 5.23. The fraction of sp³-hybridized carbons (Fsp3) is 0.364. The number of imidazole rings is 1. The van der Waals surface area contributed by atoms with Gasteiger partial charge in [0.1, 0.15) is 5.82 Å². The van der Waals surface area contributed by atoms with Gasteiger partial charge in [-0.3, -0.25) is 0 Å². The van der Waals surface area contributed by atoms with Crippen molar-refractivity contribution in [1.29, 1.82) is 0 Å². The Kier molecular flexibility index (Phi) is 3.44. The summed E-state index contributed by atoms with van der Waals surface area (Å²) in [5, 5.41) is 0. The van der Waals surface area contributed by atoms with Crippen molar-refractivity contribution in [2.24, 2.45) is 0 Å². The summed E-state index contributed by atoms with van der Waals surface area (Å²) in [6, 6.07) is 4.01. The van der Waals surface area contributed by atoms with E-state index in [1.807, 2.05) is 18.5 Å². The molecule has 0 aromatic carbocycles. The zero-order valence-electron chi connectivity index (χ0n) is 8.61. The molecule has 2 nitrogen and oxygen atoms in total. The normalized spacial score (nSPS) is 10.8. The molecular weight excluding hydrogens is 228 g/mol. The maximum atomic E-state index is 5.90. The second-order valence-electron chi connectivity index (χ2n) is 3.43. The highest BCUT2D eigenvalue weighted by Gasteiger charge is 2.04. The third-order valence-corrected chi connectivity index (χ3v) is 3.45. The highest BCUT2D eigenvalue weighted by Crippen LogP contribution is 2.22. The Morgan fingerprint density at radius 3 is 3.00 bits per heavy atom. The van der Waals surface area contributed by atoms with E-state index in [0.29, 0.717) is 0 Å². The van der Waals surface area contributed by atoms with Crippen LogP contribution < -0.4 is 0 Å². The van der Waals surface area contributed by atoms with Gasteiger partial charge in [0.05, 0.1) is 10.9 Å². The number of halogens is 1. The van der Waals surface area contributed by atoms with Crippen molar-refractivity contribution in [1.82, 2.24) is 9.55 Å². The number of rotatable bonds is 4. The van der Waals surface area contributed by atoms with Crippen molar-refractivity contribution in [3.63, 3.8) is 0 Å². The maximum absolute atomic E-state index is 5.90. The van der Waals surface area contributed by atoms with E-state index in [9.17, 15) is 0 Å². The Balaban J connectivity index is 2.13. The lowest BCUT2D eigenvalue weighted by atomic mass is 10.3. The molecule has 0 radical (unpaired) electrons. The third-order valence-electron chi connectivity index (χ3n) is 2.23. The molecule has 0 atom stereocenters. The van der Waals surface area contributed by atoms with Crippen LogP contribution in [0, 0.1) is 0 Å². The van der Waals surface area contributed by atoms with Crippen molar-refractivity contribution in [2.75, 3.05) is 0 Å². The van der Waals surface area contributed by atoms with Crippen LogP contribution in [-0.4, -0.2) is 9.55 Å². The van der Waals surface area contributed by atoms with Crippen molar-refractivity contribution < 1.29 is 0 Å². The molecule has 0 aliphatic rings. The molecule has 0 saturated heterocycles. The molecule has 2 aromatic heterocycles. The van der Waals surface area contributed by atoms with Crippen LogP contribution >= 0.6 is 22.9 Å². The Bertz CT molecular complexity index is 433. The van der Waals surface area contributed by atoms with Gasteiger partial charge in [-0.05, 0) is 18.6 Å². The summed E-state index contributed by atoms with van der Waals surface area (Å²) in [5.41, 5.74) is 0. The molecule has 0 fully saturated rings. The Hall–Kier alpha value is -0.800. The molecule has 0 saturated carbocycles. The smallest absolute Gasteiger partial charge is 0.108 e. The van der Waals surface area contributed by atoms with Crippen LogP contribution in [-0.2, 0) is 13.0 Å². The molecule has 2 aromatic rings. The highest BCUT2D eigenvalue weighted by molar-refractivity contribution is 7.16. The molecule has 0 N–H and O–H groups in total. The lowest BCUT2D eigenvalue weighted by Gasteiger charge is -2.04. The van der Waals surface area contributed by atoms with E-state index in [-0.39, 0.29) is 0 Å². The van der Waals surface area contributed by atoms with Gasteiger partial charge in [-0.1, -0.05) is 18.5 Å². The Morgan fingerprint density at radius 2 is 2.33 bits per heavy atom. The summed E-state index contributed by atoms with van der Waals surface area (Å²) < 4.78 is 3.04. The number of thiophene rings is 1. The minimum Gasteiger partial charge on any atom is -0.330 e. The van der Waals surface area contributed by atoms with E-state index in [2.05, 4.69) is 22.5 Å². The van der Waals surface area contributed by atoms with Crippen LogP contribution in [0.2, 0.25) is 4.34 Å². The quantitative estimate of drug-likeness (QED) is 0.799. The molecule has 4 heteroatoms. The van der Waals surface area contributed by atoms with Gasteiger partial charge in [0.25, 0.3) is 0 Å². The first-order valence-electron chi connectivity index (χ1n) is 5.04. The lowest BCUT2D eigenvalue weighted by Crippen LogP contribution is -2.02. The van der Waals surface area contributed by atoms with E-state index in [0.717, 1.165) is 29.5 Å². The molecular formula is C11H13ClN2S. The van der Waals surface area contributed by atoms with E-state index in [1.165, 1.54) is 4.88 Å². The first-order valence-corrected chi connectivity index (χ1v) is 6.23. The first-order chi connectivity index (χ1) is 7.29. The molecule has 15 heavy (non-hydrogen) atoms. The topological polar surface area (TPSA) is 17.8 Å². The number of nitrogens with zero attached hydrogens (tertiary/aromatic N) is 2. The highest BCUT2D eigenvalue weighted by atomic mass is 35.5. The van der Waals surface area contributed by atoms with Gasteiger partial charge in [0, 0.05) is 23.7 Å². The summed E-state index contributed by atoms with van der Waals surface area (Å²) in [7, 11) is 0. The Labute approximate surface area is 98.5 Å². The lowest BCUT2D eigenvalue weighted by molar-refractivity contribution is 0.711. The molecule has 0 aliphatic heterocycles. The number of hydrogen-bond donors (Lipinski definition) is 0. The average Bonchev–Trinajstić information content (AvgIpc) is 2.78. The van der Waals surface area contributed by atoms with Gasteiger partial charge >= 0.3 is 0 Å². The first kappa shape index (κ1) is 10.7. The van der Waals surface area contributed by atoms with E-state index in [4.69, 9.17) is 11.6 Å². The van der Waals surface area contributed by atoms with Gasteiger partial charge in [0.15, 0.2) is 0 Å². The van der Waals surface area contributed by atoms with Crippen LogP contribution in [0.3, 0.4) is 0 Å². The average molecular weight is 241 g/mol. The monoisotopic (exact) mass is 240 g/mol. The molecule has 0 spiro atoms. The van der Waals surface area contributed by atoms with Crippen LogP contribution in [0.4, 0.5) is 0 Å². The summed E-state index contributed by atoms with van der Waals surface area (Å²) >= 11 is 7.52. The summed E-state index contributed by atoms with van der Waals surface area (Å²) in [6.45, 7) is 3.05. The SMILES string of the molecule is CCCc1nccn1Cc1ccc(Cl)s1. The van der Waals surface area contributed by atoms with Gasteiger partial charge < -0.3 is 4.57 Å². The predicted octanol–water partition coefficient (Wildman–Crippen LogP) is 3.60. The molecule has 80 valence electrons. The largest absolute Gasteiger partial charge is 0.330 e. The Morgan fingerprint density at radius 1 is 1.47 bits per heavy atom. The molecule has 0 unspecified atom stereocenters. The number of aromatic nitrogens is 2. The third kappa shape index (κ3) is 2.61. The van der Waals surface area contributed by atoms with Crippen LogP contribution in [0.1, 0.15) is 24.0 Å². The van der Waals surface area contributed by atoms with Crippen molar-refractivity contribution in [3.05, 3.63) is 39.6 Å². The van der Waals surface area contributed by atoms with E-state index >= 15 is 0 Å². The fourth-order valence-corrected chi connectivity index (χ4v) is 2.63. The zero-order valence-corrected chi connectivity index (χ0v) is 10.2. The van der Waals surface area contributed by atoms with Crippen molar-refractivity contribution in [3.8, 4) is 0 Å². The summed E-state index contributed by atoms with van der Waals surface area (Å²) in [5.74, 6) is 1.15. The van der Waals surface area contributed by atoms with Gasteiger partial charge in [-0.25, -0.2) is 4.98 Å². The zero-order chi connectivity index (χ0) is 10.7. The van der Waals surface area contributed by atoms with Crippen LogP contribution in [0.5, 0.6) is 0 Å². The predicted molar refractivity (Wildman–Crippen MR) is 64.7 cm³/mol. The number of aryl methyl sites for hydroxylation is 1. The van der Waals surface area contributed by atoms with Gasteiger partial charge in [-0.2, -0.15) is 0 Å². The van der Waals surface area contributed by atoms with Crippen LogP contribution in [0.15, 0.2) is 24.5 Å². The van der Waals surface area contributed by atoms with Crippen LogP contribution in [0.25, 0.3) is 0 Å². The molecule has 2 heterocycles. The second kappa shape index (κ2) is 4.81. The van der Waals surface area contributed by atoms with E-state index in [1.54, 1.807) is 11.3 Å². The molecule has 0 aliphatic carbocycles. The maximum Gasteiger partial charge on any atom is 0.108 e. The van der Waals surface area contributed by atoms with E-state index < -0.39 is 0 Å². The molecule has 0 bridgehead atoms. The summed E-state index contributed by atoms with van der Waals surface area (Å²) in [4.78, 5) is 5.62. The summed E-state index contributed by atoms with van der Waals surface area (Å²) in [6.07, 6.45) is 6.05. The number of hydrogen-bond acceptors (Lipinski definition) is 2. The molecule has 2 rings (SSSR count). The standard InChI is InChI=1S/C11H13ClN2S/c1-2-3-11-13-6-7-14(11)8-9-4-5-10(12)15-9/h4-7H,2-3,8H2,1H3.